The molecule has 2 saturated heterocycles. The summed E-state index contributed by atoms with van der Waals surface area (Å²) in [6, 6.07) is 0.0826. The van der Waals surface area contributed by atoms with Crippen LogP contribution in [0.15, 0.2) is 17.3 Å². The quantitative estimate of drug-likeness (QED) is 0.793. The van der Waals surface area contributed by atoms with Gasteiger partial charge in [0, 0.05) is 25.6 Å². The van der Waals surface area contributed by atoms with Crippen molar-refractivity contribution in [2.24, 2.45) is 5.92 Å². The van der Waals surface area contributed by atoms with Crippen LogP contribution in [0.4, 0.5) is 0 Å². The van der Waals surface area contributed by atoms with Gasteiger partial charge in [-0.25, -0.2) is 18.4 Å². The highest BCUT2D eigenvalue weighted by atomic mass is 35.5. The molecule has 114 valence electrons. The van der Waals surface area contributed by atoms with E-state index < -0.39 is 10.0 Å². The molecule has 2 unspecified atom stereocenters. The summed E-state index contributed by atoms with van der Waals surface area (Å²) in [4.78, 5) is 18.9. The van der Waals surface area contributed by atoms with E-state index in [2.05, 4.69) is 15.3 Å². The van der Waals surface area contributed by atoms with Gasteiger partial charge in [-0.2, -0.15) is 4.31 Å². The number of carbonyl (C=O) groups is 1. The number of fused-ring (bicyclic) bond motifs is 1. The highest BCUT2D eigenvalue weighted by Crippen LogP contribution is 2.28. The molecule has 0 bridgehead atoms. The fourth-order valence-electron chi connectivity index (χ4n) is 2.88. The number of sulfonamides is 1. The third kappa shape index (κ3) is 2.88. The number of halogens is 1. The van der Waals surface area contributed by atoms with Crippen LogP contribution in [-0.2, 0) is 14.8 Å². The number of hydrogen-bond donors (Lipinski definition) is 1. The van der Waals surface area contributed by atoms with Gasteiger partial charge in [-0.15, -0.1) is 0 Å². The SMILES string of the molecule is O=C1CCC2CN(S(=O)(=O)c3cnc(Cl)nc3)CCC2N1. The first kappa shape index (κ1) is 14.7. The van der Waals surface area contributed by atoms with Crippen molar-refractivity contribution >= 4 is 27.5 Å². The summed E-state index contributed by atoms with van der Waals surface area (Å²) < 4.78 is 26.5. The Labute approximate surface area is 127 Å². The van der Waals surface area contributed by atoms with Crippen LogP contribution in [0.3, 0.4) is 0 Å². The van der Waals surface area contributed by atoms with Crippen LogP contribution in [0.1, 0.15) is 19.3 Å². The lowest BCUT2D eigenvalue weighted by molar-refractivity contribution is -0.124. The van der Waals surface area contributed by atoms with Gasteiger partial charge in [-0.1, -0.05) is 0 Å². The predicted molar refractivity (Wildman–Crippen MR) is 75.1 cm³/mol. The van der Waals surface area contributed by atoms with Crippen LogP contribution in [0, 0.1) is 5.92 Å². The summed E-state index contributed by atoms with van der Waals surface area (Å²) in [5.74, 6) is 0.220. The molecule has 1 amide bonds. The van der Waals surface area contributed by atoms with E-state index in [1.165, 1.54) is 16.7 Å². The van der Waals surface area contributed by atoms with E-state index in [-0.39, 0.29) is 28.0 Å². The summed E-state index contributed by atoms with van der Waals surface area (Å²) in [5.41, 5.74) is 0. The lowest BCUT2D eigenvalue weighted by Gasteiger charge is -2.40. The molecule has 0 saturated carbocycles. The Morgan fingerprint density at radius 2 is 2.00 bits per heavy atom. The van der Waals surface area contributed by atoms with E-state index in [1.807, 2.05) is 0 Å². The van der Waals surface area contributed by atoms with Gasteiger partial charge in [0.1, 0.15) is 4.90 Å². The first-order chi connectivity index (χ1) is 9.96. The monoisotopic (exact) mass is 330 g/mol. The lowest BCUT2D eigenvalue weighted by Crippen LogP contribution is -2.55. The zero-order valence-corrected chi connectivity index (χ0v) is 12.8. The van der Waals surface area contributed by atoms with E-state index in [0.29, 0.717) is 25.9 Å². The molecular weight excluding hydrogens is 316 g/mol. The van der Waals surface area contributed by atoms with Gasteiger partial charge in [0.2, 0.25) is 21.2 Å². The lowest BCUT2D eigenvalue weighted by atomic mass is 9.86. The molecule has 2 fully saturated rings. The largest absolute Gasteiger partial charge is 0.353 e. The van der Waals surface area contributed by atoms with E-state index in [1.54, 1.807) is 0 Å². The second-order valence-electron chi connectivity index (χ2n) is 5.31. The molecule has 0 aliphatic carbocycles. The van der Waals surface area contributed by atoms with E-state index in [9.17, 15) is 13.2 Å². The van der Waals surface area contributed by atoms with Crippen molar-refractivity contribution in [2.45, 2.75) is 30.2 Å². The highest BCUT2D eigenvalue weighted by molar-refractivity contribution is 7.89. The average Bonchev–Trinajstić information content (AvgIpc) is 2.47. The number of nitrogens with zero attached hydrogens (tertiary/aromatic N) is 3. The maximum absolute atomic E-state index is 12.6. The molecule has 0 spiro atoms. The number of piperidine rings is 2. The Bertz CT molecular complexity index is 649. The number of aromatic nitrogens is 2. The topological polar surface area (TPSA) is 92.3 Å². The van der Waals surface area contributed by atoms with Crippen LogP contribution >= 0.6 is 11.6 Å². The van der Waals surface area contributed by atoms with Crippen LogP contribution in [0.25, 0.3) is 0 Å². The summed E-state index contributed by atoms with van der Waals surface area (Å²) in [6.45, 7) is 0.794. The van der Waals surface area contributed by atoms with E-state index in [4.69, 9.17) is 11.6 Å². The molecule has 2 aliphatic heterocycles. The Hall–Kier alpha value is -1.25. The van der Waals surface area contributed by atoms with Gasteiger partial charge in [-0.05, 0) is 30.4 Å². The van der Waals surface area contributed by atoms with Crippen molar-refractivity contribution in [3.8, 4) is 0 Å². The van der Waals surface area contributed by atoms with Crippen molar-refractivity contribution in [1.29, 1.82) is 0 Å². The molecule has 1 N–H and O–H groups in total. The number of rotatable bonds is 2. The third-order valence-corrected chi connectivity index (χ3v) is 6.03. The van der Waals surface area contributed by atoms with Gasteiger partial charge in [0.05, 0.1) is 12.4 Å². The minimum Gasteiger partial charge on any atom is -0.353 e. The van der Waals surface area contributed by atoms with Crippen LogP contribution in [0.5, 0.6) is 0 Å². The Balaban J connectivity index is 1.78. The van der Waals surface area contributed by atoms with Crippen LogP contribution in [-0.4, -0.2) is 47.7 Å². The molecule has 3 rings (SSSR count). The molecule has 1 aromatic heterocycles. The number of carbonyl (C=O) groups excluding carboxylic acids is 1. The van der Waals surface area contributed by atoms with Crippen molar-refractivity contribution < 1.29 is 13.2 Å². The van der Waals surface area contributed by atoms with Crippen LogP contribution < -0.4 is 5.32 Å². The van der Waals surface area contributed by atoms with Gasteiger partial charge in [0.25, 0.3) is 0 Å². The summed E-state index contributed by atoms with van der Waals surface area (Å²) in [6.07, 6.45) is 4.25. The Morgan fingerprint density at radius 1 is 1.29 bits per heavy atom. The van der Waals surface area contributed by atoms with Crippen molar-refractivity contribution in [3.63, 3.8) is 0 Å². The molecule has 3 heterocycles. The summed E-state index contributed by atoms with van der Waals surface area (Å²) >= 11 is 5.58. The summed E-state index contributed by atoms with van der Waals surface area (Å²) in [5, 5.41) is 2.95. The molecule has 0 radical (unpaired) electrons. The van der Waals surface area contributed by atoms with Gasteiger partial charge in [0.15, 0.2) is 0 Å². The zero-order valence-electron chi connectivity index (χ0n) is 11.2. The zero-order chi connectivity index (χ0) is 15.0. The Kier molecular flexibility index (Phi) is 3.85. The molecular formula is C12H15ClN4O3S. The maximum Gasteiger partial charge on any atom is 0.246 e. The minimum atomic E-state index is -3.61. The molecule has 1 aromatic rings. The fourth-order valence-corrected chi connectivity index (χ4v) is 4.38. The standard InChI is InChI=1S/C12H15ClN4O3S/c13-12-14-5-9(6-15-12)21(19,20)17-4-3-10-8(7-17)1-2-11(18)16-10/h5-6,8,10H,1-4,7H2,(H,16,18). The van der Waals surface area contributed by atoms with Crippen molar-refractivity contribution in [3.05, 3.63) is 17.7 Å². The van der Waals surface area contributed by atoms with Crippen molar-refractivity contribution in [1.82, 2.24) is 19.6 Å². The number of amides is 1. The molecule has 2 atom stereocenters. The average molecular weight is 331 g/mol. The number of nitrogens with one attached hydrogen (secondary N) is 1. The summed E-state index contributed by atoms with van der Waals surface area (Å²) in [7, 11) is -3.61. The van der Waals surface area contributed by atoms with E-state index in [0.717, 1.165) is 6.42 Å². The molecule has 2 aliphatic rings. The minimum absolute atomic E-state index is 0.0163. The van der Waals surface area contributed by atoms with Crippen molar-refractivity contribution in [2.75, 3.05) is 13.1 Å². The molecule has 21 heavy (non-hydrogen) atoms. The normalized spacial score (nSPS) is 27.0. The molecule has 7 nitrogen and oxygen atoms in total. The molecule has 0 aromatic carbocycles. The molecule has 9 heteroatoms. The number of hydrogen-bond acceptors (Lipinski definition) is 5. The second kappa shape index (κ2) is 5.51. The van der Waals surface area contributed by atoms with Gasteiger partial charge < -0.3 is 5.32 Å². The fraction of sp³-hybridized carbons (Fsp3) is 0.583. The third-order valence-electron chi connectivity index (χ3n) is 4.02. The predicted octanol–water partition coefficient (Wildman–Crippen LogP) is 0.419. The van der Waals surface area contributed by atoms with Gasteiger partial charge >= 0.3 is 0 Å². The highest BCUT2D eigenvalue weighted by Gasteiger charge is 2.38. The van der Waals surface area contributed by atoms with E-state index >= 15 is 0 Å². The Morgan fingerprint density at radius 3 is 2.71 bits per heavy atom. The first-order valence-electron chi connectivity index (χ1n) is 6.74. The van der Waals surface area contributed by atoms with Gasteiger partial charge in [-0.3, -0.25) is 4.79 Å². The second-order valence-corrected chi connectivity index (χ2v) is 7.59. The maximum atomic E-state index is 12.6. The first-order valence-corrected chi connectivity index (χ1v) is 8.55. The smallest absolute Gasteiger partial charge is 0.246 e. The van der Waals surface area contributed by atoms with Crippen LogP contribution in [0.2, 0.25) is 5.28 Å².